The molecule has 1 aromatic heterocycles. The zero-order chi connectivity index (χ0) is 12.4. The van der Waals surface area contributed by atoms with Gasteiger partial charge in [-0.25, -0.2) is 4.68 Å². The SMILES string of the molecule is COc1ccccc1-n1nc(C(C)C)cc1Cl. The summed E-state index contributed by atoms with van der Waals surface area (Å²) < 4.78 is 7.01. The van der Waals surface area contributed by atoms with E-state index in [2.05, 4.69) is 18.9 Å². The predicted molar refractivity (Wildman–Crippen MR) is 69.2 cm³/mol. The number of halogens is 1. The molecule has 90 valence electrons. The molecule has 1 aromatic carbocycles. The molecule has 0 fully saturated rings. The summed E-state index contributed by atoms with van der Waals surface area (Å²) in [6, 6.07) is 9.57. The van der Waals surface area contributed by atoms with E-state index in [-0.39, 0.29) is 0 Å². The van der Waals surface area contributed by atoms with Crippen molar-refractivity contribution in [3.05, 3.63) is 41.2 Å². The molecule has 0 radical (unpaired) electrons. The lowest BCUT2D eigenvalue weighted by Gasteiger charge is -2.08. The molecule has 0 amide bonds. The Morgan fingerprint density at radius 1 is 1.29 bits per heavy atom. The van der Waals surface area contributed by atoms with E-state index in [0.29, 0.717) is 11.1 Å². The van der Waals surface area contributed by atoms with Gasteiger partial charge in [0.25, 0.3) is 0 Å². The Kier molecular flexibility index (Phi) is 3.38. The standard InChI is InChI=1S/C13H15ClN2O/c1-9(2)10-8-13(14)16(15-10)11-6-4-5-7-12(11)17-3/h4-9H,1-3H3. The van der Waals surface area contributed by atoms with Crippen LogP contribution in [0.15, 0.2) is 30.3 Å². The van der Waals surface area contributed by atoms with Crippen molar-refractivity contribution in [1.82, 2.24) is 9.78 Å². The monoisotopic (exact) mass is 250 g/mol. The molecule has 0 saturated carbocycles. The van der Waals surface area contributed by atoms with Crippen molar-refractivity contribution in [2.45, 2.75) is 19.8 Å². The van der Waals surface area contributed by atoms with Gasteiger partial charge in [-0.3, -0.25) is 0 Å². The van der Waals surface area contributed by atoms with Crippen molar-refractivity contribution in [3.8, 4) is 11.4 Å². The normalized spacial score (nSPS) is 10.9. The van der Waals surface area contributed by atoms with Crippen LogP contribution in [0.2, 0.25) is 5.15 Å². The summed E-state index contributed by atoms with van der Waals surface area (Å²) in [7, 11) is 1.64. The number of aromatic nitrogens is 2. The molecule has 2 rings (SSSR count). The minimum Gasteiger partial charge on any atom is -0.494 e. The molecule has 0 aliphatic rings. The van der Waals surface area contributed by atoms with Gasteiger partial charge in [-0.15, -0.1) is 0 Å². The Morgan fingerprint density at radius 2 is 2.00 bits per heavy atom. The van der Waals surface area contributed by atoms with Crippen LogP contribution in [0, 0.1) is 0 Å². The zero-order valence-corrected chi connectivity index (χ0v) is 10.9. The first-order valence-corrected chi connectivity index (χ1v) is 5.90. The van der Waals surface area contributed by atoms with E-state index < -0.39 is 0 Å². The summed E-state index contributed by atoms with van der Waals surface area (Å²) in [5.41, 5.74) is 1.83. The fourth-order valence-corrected chi connectivity index (χ4v) is 1.87. The molecule has 0 aliphatic heterocycles. The van der Waals surface area contributed by atoms with Gasteiger partial charge in [-0.05, 0) is 24.1 Å². The third kappa shape index (κ3) is 2.29. The maximum absolute atomic E-state index is 6.20. The molecular weight excluding hydrogens is 236 g/mol. The number of methoxy groups -OCH3 is 1. The summed E-state index contributed by atoms with van der Waals surface area (Å²) in [5.74, 6) is 1.11. The Labute approximate surface area is 106 Å². The van der Waals surface area contributed by atoms with Crippen molar-refractivity contribution >= 4 is 11.6 Å². The van der Waals surface area contributed by atoms with Crippen LogP contribution in [-0.4, -0.2) is 16.9 Å². The highest BCUT2D eigenvalue weighted by Gasteiger charge is 2.13. The van der Waals surface area contributed by atoms with Crippen LogP contribution >= 0.6 is 11.6 Å². The molecule has 2 aromatic rings. The van der Waals surface area contributed by atoms with Gasteiger partial charge in [-0.2, -0.15) is 5.10 Å². The van der Waals surface area contributed by atoms with Crippen molar-refractivity contribution in [1.29, 1.82) is 0 Å². The summed E-state index contributed by atoms with van der Waals surface area (Å²) in [6.07, 6.45) is 0. The topological polar surface area (TPSA) is 27.1 Å². The van der Waals surface area contributed by atoms with E-state index in [9.17, 15) is 0 Å². The fraction of sp³-hybridized carbons (Fsp3) is 0.308. The maximum Gasteiger partial charge on any atom is 0.144 e. The van der Waals surface area contributed by atoms with Crippen molar-refractivity contribution in [2.24, 2.45) is 0 Å². The third-order valence-electron chi connectivity index (χ3n) is 2.59. The van der Waals surface area contributed by atoms with Crippen molar-refractivity contribution < 1.29 is 4.74 Å². The quantitative estimate of drug-likeness (QED) is 0.831. The fourth-order valence-electron chi connectivity index (χ4n) is 1.63. The van der Waals surface area contributed by atoms with Gasteiger partial charge in [0.1, 0.15) is 16.6 Å². The smallest absolute Gasteiger partial charge is 0.144 e. The van der Waals surface area contributed by atoms with E-state index in [4.69, 9.17) is 16.3 Å². The molecule has 0 N–H and O–H groups in total. The summed E-state index contributed by atoms with van der Waals surface area (Å²) in [4.78, 5) is 0. The number of hydrogen-bond donors (Lipinski definition) is 0. The number of benzene rings is 1. The molecule has 0 saturated heterocycles. The molecular formula is C13H15ClN2O. The molecule has 0 bridgehead atoms. The summed E-state index contributed by atoms with van der Waals surface area (Å²) >= 11 is 6.20. The van der Waals surface area contributed by atoms with Gasteiger partial charge in [0.05, 0.1) is 12.8 Å². The van der Waals surface area contributed by atoms with E-state index in [1.165, 1.54) is 0 Å². The highest BCUT2D eigenvalue weighted by atomic mass is 35.5. The van der Waals surface area contributed by atoms with Gasteiger partial charge >= 0.3 is 0 Å². The largest absolute Gasteiger partial charge is 0.494 e. The lowest BCUT2D eigenvalue weighted by molar-refractivity contribution is 0.411. The second kappa shape index (κ2) is 4.80. The van der Waals surface area contributed by atoms with Crippen LogP contribution in [0.4, 0.5) is 0 Å². The first-order valence-electron chi connectivity index (χ1n) is 5.52. The Hall–Kier alpha value is -1.48. The number of nitrogens with zero attached hydrogens (tertiary/aromatic N) is 2. The lowest BCUT2D eigenvalue weighted by Crippen LogP contribution is -2.01. The Morgan fingerprint density at radius 3 is 2.59 bits per heavy atom. The van der Waals surface area contributed by atoms with E-state index in [1.54, 1.807) is 11.8 Å². The highest BCUT2D eigenvalue weighted by molar-refractivity contribution is 6.29. The number of rotatable bonds is 3. The second-order valence-electron chi connectivity index (χ2n) is 4.13. The van der Waals surface area contributed by atoms with Crippen molar-refractivity contribution in [2.75, 3.05) is 7.11 Å². The van der Waals surface area contributed by atoms with E-state index >= 15 is 0 Å². The first kappa shape index (κ1) is 12.0. The van der Waals surface area contributed by atoms with Gasteiger partial charge < -0.3 is 4.74 Å². The van der Waals surface area contributed by atoms with E-state index in [1.807, 2.05) is 30.3 Å². The highest BCUT2D eigenvalue weighted by Crippen LogP contribution is 2.27. The van der Waals surface area contributed by atoms with Gasteiger partial charge in [0.15, 0.2) is 0 Å². The van der Waals surface area contributed by atoms with E-state index in [0.717, 1.165) is 17.1 Å². The molecule has 0 atom stereocenters. The molecule has 3 nitrogen and oxygen atoms in total. The lowest BCUT2D eigenvalue weighted by atomic mass is 10.1. The number of hydrogen-bond acceptors (Lipinski definition) is 2. The zero-order valence-electron chi connectivity index (χ0n) is 10.1. The number of ether oxygens (including phenoxy) is 1. The Bertz CT molecular complexity index is 520. The molecule has 0 spiro atoms. The average molecular weight is 251 g/mol. The average Bonchev–Trinajstić information content (AvgIpc) is 2.71. The molecule has 17 heavy (non-hydrogen) atoms. The van der Waals surface area contributed by atoms with Crippen LogP contribution in [0.25, 0.3) is 5.69 Å². The Balaban J connectivity index is 2.52. The summed E-state index contributed by atoms with van der Waals surface area (Å²) in [5, 5.41) is 5.09. The molecule has 4 heteroatoms. The third-order valence-corrected chi connectivity index (χ3v) is 2.86. The second-order valence-corrected chi connectivity index (χ2v) is 4.52. The van der Waals surface area contributed by atoms with Gasteiger partial charge in [-0.1, -0.05) is 37.6 Å². The van der Waals surface area contributed by atoms with Crippen LogP contribution in [0.5, 0.6) is 5.75 Å². The van der Waals surface area contributed by atoms with Crippen LogP contribution in [0.3, 0.4) is 0 Å². The summed E-state index contributed by atoms with van der Waals surface area (Å²) in [6.45, 7) is 4.18. The van der Waals surface area contributed by atoms with Crippen LogP contribution in [-0.2, 0) is 0 Å². The molecule has 1 heterocycles. The van der Waals surface area contributed by atoms with Gasteiger partial charge in [0.2, 0.25) is 0 Å². The molecule has 0 aliphatic carbocycles. The minimum atomic E-state index is 0.350. The molecule has 0 unspecified atom stereocenters. The van der Waals surface area contributed by atoms with Crippen molar-refractivity contribution in [3.63, 3.8) is 0 Å². The first-order chi connectivity index (χ1) is 8.13. The maximum atomic E-state index is 6.20. The van der Waals surface area contributed by atoms with Crippen LogP contribution < -0.4 is 4.74 Å². The predicted octanol–water partition coefficient (Wildman–Crippen LogP) is 3.66. The number of para-hydroxylation sites is 2. The van der Waals surface area contributed by atoms with Gasteiger partial charge in [0, 0.05) is 0 Å². The van der Waals surface area contributed by atoms with Crippen LogP contribution in [0.1, 0.15) is 25.5 Å². The minimum absolute atomic E-state index is 0.350.